The predicted octanol–water partition coefficient (Wildman–Crippen LogP) is -0.343. The van der Waals surface area contributed by atoms with Crippen molar-refractivity contribution >= 4 is 18.0 Å². The predicted molar refractivity (Wildman–Crippen MR) is 59.0 cm³/mol. The van der Waals surface area contributed by atoms with Crippen LogP contribution >= 0.6 is 0 Å². The van der Waals surface area contributed by atoms with E-state index in [4.69, 9.17) is 20.1 Å². The van der Waals surface area contributed by atoms with Gasteiger partial charge in [-0.2, -0.15) is 0 Å². The number of carboxylic acids is 2. The minimum Gasteiger partial charge on any atom is -0.481 e. The smallest absolute Gasteiger partial charge is 0.407 e. The maximum absolute atomic E-state index is 11.2. The van der Waals surface area contributed by atoms with Crippen molar-refractivity contribution < 1.29 is 34.4 Å². The van der Waals surface area contributed by atoms with Gasteiger partial charge in [0.25, 0.3) is 0 Å². The Labute approximate surface area is 104 Å². The number of ether oxygens (including phenoxy) is 1. The summed E-state index contributed by atoms with van der Waals surface area (Å²) in [7, 11) is 0. The van der Waals surface area contributed by atoms with Crippen LogP contribution in [0.15, 0.2) is 0 Å². The van der Waals surface area contributed by atoms with Crippen molar-refractivity contribution in [2.24, 2.45) is 5.92 Å². The highest BCUT2D eigenvalue weighted by Crippen LogP contribution is 2.08. The number of amides is 1. The highest BCUT2D eigenvalue weighted by atomic mass is 16.6. The molecule has 0 heterocycles. The van der Waals surface area contributed by atoms with Crippen molar-refractivity contribution in [3.05, 3.63) is 0 Å². The molecule has 0 bridgehead atoms. The number of alkyl carbamates (subject to hydrolysis) is 1. The molecule has 0 aromatic carbocycles. The van der Waals surface area contributed by atoms with Gasteiger partial charge in [0.2, 0.25) is 0 Å². The van der Waals surface area contributed by atoms with Gasteiger partial charge in [-0.15, -0.1) is 0 Å². The highest BCUT2D eigenvalue weighted by molar-refractivity contribution is 5.82. The molecule has 0 fully saturated rings. The first kappa shape index (κ1) is 16.2. The molecule has 0 aromatic heterocycles. The maximum Gasteiger partial charge on any atom is 0.407 e. The summed E-state index contributed by atoms with van der Waals surface area (Å²) in [6.45, 7) is 4.31. The number of carbonyl (C=O) groups is 3. The molecule has 8 heteroatoms. The fourth-order valence-corrected chi connectivity index (χ4v) is 1.01. The lowest BCUT2D eigenvalue weighted by Gasteiger charge is -2.21. The van der Waals surface area contributed by atoms with E-state index < -0.39 is 42.2 Å². The molecule has 4 N–H and O–H groups in total. The van der Waals surface area contributed by atoms with Gasteiger partial charge < -0.3 is 25.4 Å². The Balaban J connectivity index is 4.42. The SMILES string of the molecule is CC(C)(C)OC(=O)NCC(C(=O)O)C(O)C(=O)O. The zero-order chi connectivity index (χ0) is 14.5. The summed E-state index contributed by atoms with van der Waals surface area (Å²) in [5.41, 5.74) is -0.756. The Morgan fingerprint density at radius 1 is 1.17 bits per heavy atom. The lowest BCUT2D eigenvalue weighted by Crippen LogP contribution is -2.44. The van der Waals surface area contributed by atoms with Crippen LogP contribution in [-0.2, 0) is 14.3 Å². The largest absolute Gasteiger partial charge is 0.481 e. The Morgan fingerprint density at radius 2 is 1.67 bits per heavy atom. The quantitative estimate of drug-likeness (QED) is 0.533. The molecule has 104 valence electrons. The van der Waals surface area contributed by atoms with Crippen LogP contribution < -0.4 is 5.32 Å². The van der Waals surface area contributed by atoms with Crippen molar-refractivity contribution in [2.75, 3.05) is 6.54 Å². The third-order valence-corrected chi connectivity index (χ3v) is 1.82. The van der Waals surface area contributed by atoms with E-state index in [-0.39, 0.29) is 0 Å². The van der Waals surface area contributed by atoms with Gasteiger partial charge in [0.15, 0.2) is 6.10 Å². The van der Waals surface area contributed by atoms with E-state index in [1.54, 1.807) is 20.8 Å². The van der Waals surface area contributed by atoms with Gasteiger partial charge >= 0.3 is 18.0 Å². The molecule has 2 atom stereocenters. The van der Waals surface area contributed by atoms with Crippen molar-refractivity contribution in [3.63, 3.8) is 0 Å². The number of nitrogens with one attached hydrogen (secondary N) is 1. The summed E-state index contributed by atoms with van der Waals surface area (Å²) < 4.78 is 4.84. The second kappa shape index (κ2) is 6.20. The first-order valence-electron chi connectivity index (χ1n) is 5.15. The molecule has 8 nitrogen and oxygen atoms in total. The van der Waals surface area contributed by atoms with E-state index in [1.165, 1.54) is 0 Å². The third kappa shape index (κ3) is 6.04. The van der Waals surface area contributed by atoms with Crippen molar-refractivity contribution in [1.82, 2.24) is 5.32 Å². The molecule has 0 saturated carbocycles. The summed E-state index contributed by atoms with van der Waals surface area (Å²) in [6, 6.07) is 0. The zero-order valence-electron chi connectivity index (χ0n) is 10.3. The van der Waals surface area contributed by atoms with E-state index in [0.717, 1.165) is 0 Å². The Hall–Kier alpha value is -1.83. The Bertz CT molecular complexity index is 334. The number of rotatable bonds is 5. The summed E-state index contributed by atoms with van der Waals surface area (Å²) in [4.78, 5) is 32.4. The van der Waals surface area contributed by atoms with Crippen LogP contribution in [0.3, 0.4) is 0 Å². The number of aliphatic hydroxyl groups is 1. The van der Waals surface area contributed by atoms with Crippen LogP contribution in [0.25, 0.3) is 0 Å². The summed E-state index contributed by atoms with van der Waals surface area (Å²) >= 11 is 0. The number of aliphatic hydroxyl groups excluding tert-OH is 1. The monoisotopic (exact) mass is 263 g/mol. The minimum atomic E-state index is -2.10. The van der Waals surface area contributed by atoms with Crippen LogP contribution in [-0.4, -0.2) is 51.6 Å². The van der Waals surface area contributed by atoms with E-state index in [2.05, 4.69) is 5.32 Å². The number of aliphatic carboxylic acids is 2. The normalized spacial score (nSPS) is 14.4. The second-order valence-corrected chi connectivity index (χ2v) is 4.61. The van der Waals surface area contributed by atoms with Crippen LogP contribution in [0.5, 0.6) is 0 Å². The number of carbonyl (C=O) groups excluding carboxylic acids is 1. The Kier molecular flexibility index (Phi) is 5.57. The average Bonchev–Trinajstić information content (AvgIpc) is 2.13. The van der Waals surface area contributed by atoms with Crippen molar-refractivity contribution in [1.29, 1.82) is 0 Å². The molecule has 0 rings (SSSR count). The number of hydrogen-bond donors (Lipinski definition) is 4. The van der Waals surface area contributed by atoms with Gasteiger partial charge in [-0.05, 0) is 20.8 Å². The molecule has 0 aliphatic heterocycles. The van der Waals surface area contributed by atoms with Gasteiger partial charge in [0, 0.05) is 6.54 Å². The van der Waals surface area contributed by atoms with Gasteiger partial charge in [-0.3, -0.25) is 4.79 Å². The molecule has 0 radical (unpaired) electrons. The molecule has 0 spiro atoms. The van der Waals surface area contributed by atoms with E-state index in [9.17, 15) is 14.4 Å². The molecule has 0 saturated heterocycles. The molecule has 18 heavy (non-hydrogen) atoms. The topological polar surface area (TPSA) is 133 Å². The third-order valence-electron chi connectivity index (χ3n) is 1.82. The van der Waals surface area contributed by atoms with E-state index in [0.29, 0.717) is 0 Å². The first-order chi connectivity index (χ1) is 8.04. The lowest BCUT2D eigenvalue weighted by atomic mass is 10.0. The van der Waals surface area contributed by atoms with Gasteiger partial charge in [-0.1, -0.05) is 0 Å². The molecule has 0 aliphatic carbocycles. The summed E-state index contributed by atoms with van der Waals surface area (Å²) in [5, 5.41) is 28.4. The zero-order valence-corrected chi connectivity index (χ0v) is 10.3. The fraction of sp³-hybridized carbons (Fsp3) is 0.700. The van der Waals surface area contributed by atoms with Gasteiger partial charge in [0.05, 0.1) is 0 Å². The van der Waals surface area contributed by atoms with Crippen LogP contribution in [0.4, 0.5) is 4.79 Å². The molecule has 0 aliphatic rings. The van der Waals surface area contributed by atoms with Crippen LogP contribution in [0, 0.1) is 5.92 Å². The lowest BCUT2D eigenvalue weighted by molar-refractivity contribution is -0.159. The van der Waals surface area contributed by atoms with Gasteiger partial charge in [-0.25, -0.2) is 9.59 Å². The van der Waals surface area contributed by atoms with Crippen molar-refractivity contribution in [2.45, 2.75) is 32.5 Å². The second-order valence-electron chi connectivity index (χ2n) is 4.61. The summed E-state index contributed by atoms with van der Waals surface area (Å²) in [6.07, 6.45) is -2.98. The first-order valence-corrected chi connectivity index (χ1v) is 5.15. The standard InChI is InChI=1S/C10H17NO7/c1-10(2,3)18-9(17)11-4-5(7(13)14)6(12)8(15)16/h5-6,12H,4H2,1-3H3,(H,11,17)(H,13,14)(H,15,16). The highest BCUT2D eigenvalue weighted by Gasteiger charge is 2.32. The molecule has 1 amide bonds. The van der Waals surface area contributed by atoms with Crippen LogP contribution in [0.2, 0.25) is 0 Å². The maximum atomic E-state index is 11.2. The number of hydrogen-bond acceptors (Lipinski definition) is 5. The average molecular weight is 263 g/mol. The Morgan fingerprint density at radius 3 is 2.00 bits per heavy atom. The molecule has 2 unspecified atom stereocenters. The van der Waals surface area contributed by atoms with E-state index in [1.807, 2.05) is 0 Å². The van der Waals surface area contributed by atoms with Gasteiger partial charge in [0.1, 0.15) is 11.5 Å². The molecular weight excluding hydrogens is 246 g/mol. The molecule has 0 aromatic rings. The molecular formula is C10H17NO7. The number of carboxylic acid groups (broad SMARTS) is 2. The fourth-order valence-electron chi connectivity index (χ4n) is 1.01. The van der Waals surface area contributed by atoms with E-state index >= 15 is 0 Å². The minimum absolute atomic E-state index is 0.544. The van der Waals surface area contributed by atoms with Crippen molar-refractivity contribution in [3.8, 4) is 0 Å². The summed E-state index contributed by atoms with van der Waals surface area (Å²) in [5.74, 6) is -4.84. The van der Waals surface area contributed by atoms with Crippen LogP contribution in [0.1, 0.15) is 20.8 Å².